The van der Waals surface area contributed by atoms with Gasteiger partial charge in [0.2, 0.25) is 5.88 Å². The Morgan fingerprint density at radius 2 is 1.96 bits per heavy atom. The van der Waals surface area contributed by atoms with Crippen molar-refractivity contribution in [2.75, 3.05) is 44.7 Å². The molecule has 0 N–H and O–H groups in total. The Bertz CT molecular complexity index is 959. The highest BCUT2D eigenvalue weighted by Crippen LogP contribution is 2.15. The maximum absolute atomic E-state index is 12.3. The summed E-state index contributed by atoms with van der Waals surface area (Å²) in [4.78, 5) is 25.5. The molecule has 9 nitrogen and oxygen atoms in total. The fourth-order valence-corrected chi connectivity index (χ4v) is 3.35. The van der Waals surface area contributed by atoms with E-state index in [0.717, 1.165) is 45.0 Å². The first kappa shape index (κ1) is 17.5. The zero-order valence-electron chi connectivity index (χ0n) is 15.4. The molecule has 0 atom stereocenters. The van der Waals surface area contributed by atoms with Crippen LogP contribution in [-0.2, 0) is 6.54 Å². The minimum Gasteiger partial charge on any atom is -0.480 e. The van der Waals surface area contributed by atoms with E-state index in [2.05, 4.69) is 24.9 Å². The van der Waals surface area contributed by atoms with E-state index in [9.17, 15) is 4.79 Å². The first-order valence-corrected chi connectivity index (χ1v) is 9.12. The largest absolute Gasteiger partial charge is 0.480 e. The summed E-state index contributed by atoms with van der Waals surface area (Å²) in [6.07, 6.45) is 6.03. The predicted molar refractivity (Wildman–Crippen MR) is 101 cm³/mol. The number of piperazine rings is 1. The monoisotopic (exact) mass is 369 g/mol. The minimum atomic E-state index is -0.0768. The number of nitrogens with zero attached hydrogens (tertiary/aromatic N) is 7. The number of ether oxygens (including phenoxy) is 1. The second-order valence-corrected chi connectivity index (χ2v) is 6.54. The van der Waals surface area contributed by atoms with E-state index >= 15 is 0 Å². The van der Waals surface area contributed by atoms with Gasteiger partial charge in [0.1, 0.15) is 0 Å². The van der Waals surface area contributed by atoms with Crippen LogP contribution in [-0.4, -0.2) is 68.9 Å². The Kier molecular flexibility index (Phi) is 5.01. The highest BCUT2D eigenvalue weighted by Gasteiger charge is 2.18. The van der Waals surface area contributed by atoms with Gasteiger partial charge in [-0.25, -0.2) is 9.48 Å². The molecule has 0 unspecified atom stereocenters. The minimum absolute atomic E-state index is 0.0768. The zero-order valence-corrected chi connectivity index (χ0v) is 15.4. The highest BCUT2D eigenvalue weighted by molar-refractivity contribution is 5.38. The summed E-state index contributed by atoms with van der Waals surface area (Å²) in [6, 6.07) is 5.57. The van der Waals surface area contributed by atoms with Gasteiger partial charge in [0.15, 0.2) is 11.5 Å². The van der Waals surface area contributed by atoms with Crippen LogP contribution in [0.5, 0.6) is 5.88 Å². The molecule has 0 bridgehead atoms. The van der Waals surface area contributed by atoms with Crippen LogP contribution in [0.3, 0.4) is 0 Å². The molecule has 0 spiro atoms. The summed E-state index contributed by atoms with van der Waals surface area (Å²) >= 11 is 0. The second kappa shape index (κ2) is 7.75. The molecule has 9 heteroatoms. The Balaban J connectivity index is 1.28. The van der Waals surface area contributed by atoms with Crippen molar-refractivity contribution < 1.29 is 4.74 Å². The van der Waals surface area contributed by atoms with E-state index < -0.39 is 0 Å². The topological polar surface area (TPSA) is 80.8 Å². The van der Waals surface area contributed by atoms with Crippen molar-refractivity contribution in [2.24, 2.45) is 0 Å². The van der Waals surface area contributed by atoms with E-state index in [1.807, 2.05) is 18.2 Å². The van der Waals surface area contributed by atoms with E-state index in [4.69, 9.17) is 4.74 Å². The molecule has 4 heterocycles. The van der Waals surface area contributed by atoms with Crippen LogP contribution in [0.4, 0.5) is 5.82 Å². The smallest absolute Gasteiger partial charge is 0.350 e. The number of pyridine rings is 1. The standard InChI is InChI=1S/C18H23N7O2/c1-27-17-14-19-13-16(20-17)23-11-9-22(10-12-23)6-4-8-25-18(26)24-7-3-2-5-15(24)21-25/h2-3,5,7,13-14H,4,6,8-12H2,1H3. The maximum atomic E-state index is 12.3. The molecule has 1 aliphatic rings. The molecule has 1 saturated heterocycles. The number of hydrogen-bond donors (Lipinski definition) is 0. The summed E-state index contributed by atoms with van der Waals surface area (Å²) in [6.45, 7) is 5.28. The first-order chi connectivity index (χ1) is 13.2. The summed E-state index contributed by atoms with van der Waals surface area (Å²) < 4.78 is 8.28. The lowest BCUT2D eigenvalue weighted by Gasteiger charge is -2.35. The molecule has 1 fully saturated rings. The molecule has 142 valence electrons. The van der Waals surface area contributed by atoms with Crippen LogP contribution >= 0.6 is 0 Å². The summed E-state index contributed by atoms with van der Waals surface area (Å²) in [5, 5.41) is 4.38. The van der Waals surface area contributed by atoms with Gasteiger partial charge >= 0.3 is 5.69 Å². The van der Waals surface area contributed by atoms with Crippen molar-refractivity contribution in [2.45, 2.75) is 13.0 Å². The molecule has 0 radical (unpaired) electrons. The number of anilines is 1. The van der Waals surface area contributed by atoms with E-state index in [1.54, 1.807) is 34.8 Å². The average Bonchev–Trinajstić information content (AvgIpc) is 3.04. The molecule has 0 aliphatic carbocycles. The molecule has 27 heavy (non-hydrogen) atoms. The van der Waals surface area contributed by atoms with Gasteiger partial charge in [-0.1, -0.05) is 6.07 Å². The SMILES string of the molecule is COc1cncc(N2CCN(CCCn3nc4ccccn4c3=O)CC2)n1. The third kappa shape index (κ3) is 3.77. The molecule has 1 aliphatic heterocycles. The number of methoxy groups -OCH3 is 1. The van der Waals surface area contributed by atoms with Crippen LogP contribution in [0.2, 0.25) is 0 Å². The zero-order chi connectivity index (χ0) is 18.6. The normalized spacial score (nSPS) is 15.4. The fraction of sp³-hybridized carbons (Fsp3) is 0.444. The molecule has 0 amide bonds. The summed E-state index contributed by atoms with van der Waals surface area (Å²) in [7, 11) is 1.60. The Labute approximate surface area is 156 Å². The third-order valence-corrected chi connectivity index (χ3v) is 4.84. The van der Waals surface area contributed by atoms with Crippen molar-refractivity contribution in [3.63, 3.8) is 0 Å². The van der Waals surface area contributed by atoms with Crippen LogP contribution in [0, 0.1) is 0 Å². The van der Waals surface area contributed by atoms with Gasteiger partial charge in [0, 0.05) is 45.5 Å². The number of fused-ring (bicyclic) bond motifs is 1. The molecule has 3 aromatic heterocycles. The van der Waals surface area contributed by atoms with Gasteiger partial charge in [-0.3, -0.25) is 14.3 Å². The average molecular weight is 369 g/mol. The van der Waals surface area contributed by atoms with Gasteiger partial charge in [-0.05, 0) is 18.6 Å². The Morgan fingerprint density at radius 3 is 2.74 bits per heavy atom. The van der Waals surface area contributed by atoms with Crippen molar-refractivity contribution in [3.8, 4) is 5.88 Å². The van der Waals surface area contributed by atoms with Crippen molar-refractivity contribution >= 4 is 11.5 Å². The van der Waals surface area contributed by atoms with Crippen molar-refractivity contribution in [1.82, 2.24) is 29.0 Å². The molecule has 3 aromatic rings. The third-order valence-electron chi connectivity index (χ3n) is 4.84. The van der Waals surface area contributed by atoms with E-state index in [-0.39, 0.29) is 5.69 Å². The lowest BCUT2D eigenvalue weighted by Crippen LogP contribution is -2.47. The number of aromatic nitrogens is 5. The van der Waals surface area contributed by atoms with Crippen LogP contribution in [0.1, 0.15) is 6.42 Å². The van der Waals surface area contributed by atoms with Gasteiger partial charge in [0.25, 0.3) is 0 Å². The van der Waals surface area contributed by atoms with Gasteiger partial charge in [-0.2, -0.15) is 4.98 Å². The molecule has 0 aromatic carbocycles. The van der Waals surface area contributed by atoms with Crippen LogP contribution < -0.4 is 15.3 Å². The van der Waals surface area contributed by atoms with E-state index in [1.165, 1.54) is 0 Å². The molecular formula is C18H23N7O2. The van der Waals surface area contributed by atoms with Crippen molar-refractivity contribution in [1.29, 1.82) is 0 Å². The molecule has 0 saturated carbocycles. The summed E-state index contributed by atoms with van der Waals surface area (Å²) in [5.74, 6) is 1.39. The quantitative estimate of drug-likeness (QED) is 0.626. The summed E-state index contributed by atoms with van der Waals surface area (Å²) in [5.41, 5.74) is 0.613. The maximum Gasteiger partial charge on any atom is 0.350 e. The van der Waals surface area contributed by atoms with Gasteiger partial charge < -0.3 is 9.64 Å². The highest BCUT2D eigenvalue weighted by atomic mass is 16.5. The number of hydrogen-bond acceptors (Lipinski definition) is 7. The molecule has 4 rings (SSSR count). The number of rotatable bonds is 6. The second-order valence-electron chi connectivity index (χ2n) is 6.54. The predicted octanol–water partition coefficient (Wildman–Crippen LogP) is 0.507. The van der Waals surface area contributed by atoms with Crippen LogP contribution in [0.25, 0.3) is 5.65 Å². The lowest BCUT2D eigenvalue weighted by atomic mass is 10.3. The van der Waals surface area contributed by atoms with Gasteiger partial charge in [0.05, 0.1) is 19.5 Å². The van der Waals surface area contributed by atoms with E-state index in [0.29, 0.717) is 18.1 Å². The lowest BCUT2D eigenvalue weighted by molar-refractivity contribution is 0.248. The van der Waals surface area contributed by atoms with Crippen molar-refractivity contribution in [3.05, 3.63) is 47.3 Å². The number of aryl methyl sites for hydroxylation is 1. The Hall–Kier alpha value is -2.94. The van der Waals surface area contributed by atoms with Gasteiger partial charge in [-0.15, -0.1) is 5.10 Å². The Morgan fingerprint density at radius 1 is 1.11 bits per heavy atom. The first-order valence-electron chi connectivity index (χ1n) is 9.12. The molecular weight excluding hydrogens is 346 g/mol. The fourth-order valence-electron chi connectivity index (χ4n) is 3.35. The van der Waals surface area contributed by atoms with Crippen LogP contribution in [0.15, 0.2) is 41.6 Å².